The molecule has 0 unspecified atom stereocenters. The summed E-state index contributed by atoms with van der Waals surface area (Å²) in [6.07, 6.45) is 1.04. The first-order valence-electron chi connectivity index (χ1n) is 7.73. The molecular formula is C17H16BrFN2O3S. The Morgan fingerprint density at radius 2 is 1.96 bits per heavy atom. The Morgan fingerprint density at radius 1 is 1.28 bits per heavy atom. The van der Waals surface area contributed by atoms with Crippen LogP contribution in [-0.2, 0) is 21.2 Å². The van der Waals surface area contributed by atoms with E-state index in [0.29, 0.717) is 29.5 Å². The number of benzene rings is 2. The lowest BCUT2D eigenvalue weighted by molar-refractivity contribution is -0.118. The van der Waals surface area contributed by atoms with Gasteiger partial charge in [0.1, 0.15) is 10.7 Å². The molecule has 8 heteroatoms. The average molecular weight is 427 g/mol. The van der Waals surface area contributed by atoms with E-state index in [-0.39, 0.29) is 16.5 Å². The predicted molar refractivity (Wildman–Crippen MR) is 97.7 cm³/mol. The van der Waals surface area contributed by atoms with Crippen LogP contribution >= 0.6 is 15.9 Å². The first-order chi connectivity index (χ1) is 11.8. The minimum absolute atomic E-state index is 0.0337. The summed E-state index contributed by atoms with van der Waals surface area (Å²) in [5.41, 5.74) is 1.80. The van der Waals surface area contributed by atoms with Crippen molar-refractivity contribution in [3.05, 3.63) is 52.3 Å². The number of nitrogens with one attached hydrogen (secondary N) is 1. The van der Waals surface area contributed by atoms with Crippen LogP contribution in [0.1, 0.15) is 18.9 Å². The van der Waals surface area contributed by atoms with Gasteiger partial charge in [-0.15, -0.1) is 0 Å². The fraction of sp³-hybridized carbons (Fsp3) is 0.235. The molecule has 0 saturated carbocycles. The lowest BCUT2D eigenvalue weighted by Gasteiger charge is -2.18. The largest absolute Gasteiger partial charge is 0.312 e. The highest BCUT2D eigenvalue weighted by molar-refractivity contribution is 9.10. The molecule has 0 bridgehead atoms. The minimum atomic E-state index is -3.89. The summed E-state index contributed by atoms with van der Waals surface area (Å²) >= 11 is 3.30. The zero-order valence-electron chi connectivity index (χ0n) is 13.4. The van der Waals surface area contributed by atoms with Gasteiger partial charge in [-0.25, -0.2) is 12.8 Å². The Morgan fingerprint density at radius 3 is 2.60 bits per heavy atom. The van der Waals surface area contributed by atoms with Crippen molar-refractivity contribution in [3.63, 3.8) is 0 Å². The third kappa shape index (κ3) is 3.55. The number of halogens is 2. The van der Waals surface area contributed by atoms with Crippen molar-refractivity contribution in [1.29, 1.82) is 0 Å². The molecule has 0 aliphatic carbocycles. The molecule has 1 amide bonds. The molecule has 0 aromatic heterocycles. The number of hydrogen-bond donors (Lipinski definition) is 1. The van der Waals surface area contributed by atoms with E-state index in [1.807, 2.05) is 0 Å². The molecule has 1 heterocycles. The first-order valence-corrected chi connectivity index (χ1v) is 10.0. The van der Waals surface area contributed by atoms with Gasteiger partial charge >= 0.3 is 0 Å². The molecule has 3 rings (SSSR count). The number of carbonyl (C=O) groups is 1. The molecule has 2 aromatic rings. The second-order valence-corrected chi connectivity index (χ2v) is 8.18. The van der Waals surface area contributed by atoms with E-state index in [4.69, 9.17) is 0 Å². The number of carbonyl (C=O) groups excluding carboxylic acids is 1. The quantitative estimate of drug-likeness (QED) is 0.810. The van der Waals surface area contributed by atoms with Gasteiger partial charge < -0.3 is 4.90 Å². The summed E-state index contributed by atoms with van der Waals surface area (Å²) in [4.78, 5) is 13.7. The molecule has 0 radical (unpaired) electrons. The van der Waals surface area contributed by atoms with E-state index in [9.17, 15) is 17.6 Å². The zero-order valence-corrected chi connectivity index (χ0v) is 15.8. The van der Waals surface area contributed by atoms with Crippen molar-refractivity contribution >= 4 is 43.2 Å². The molecule has 132 valence electrons. The lowest BCUT2D eigenvalue weighted by Crippen LogP contribution is -2.28. The van der Waals surface area contributed by atoms with Crippen LogP contribution in [0.5, 0.6) is 0 Å². The number of anilines is 2. The van der Waals surface area contributed by atoms with Gasteiger partial charge in [0.15, 0.2) is 0 Å². The van der Waals surface area contributed by atoms with E-state index in [0.717, 1.165) is 5.56 Å². The molecule has 1 aliphatic rings. The van der Waals surface area contributed by atoms with E-state index in [1.54, 1.807) is 17.9 Å². The minimum Gasteiger partial charge on any atom is -0.312 e. The van der Waals surface area contributed by atoms with Crippen molar-refractivity contribution in [3.8, 4) is 0 Å². The number of sulfonamides is 1. The number of nitrogens with zero attached hydrogens (tertiary/aromatic N) is 1. The molecule has 0 atom stereocenters. The van der Waals surface area contributed by atoms with E-state index in [2.05, 4.69) is 20.7 Å². The fourth-order valence-corrected chi connectivity index (χ4v) is 4.94. The molecule has 1 aliphatic heterocycles. The smallest absolute Gasteiger partial charge is 0.263 e. The Kier molecular flexibility index (Phi) is 4.83. The molecule has 5 nitrogen and oxygen atoms in total. The molecule has 0 fully saturated rings. The summed E-state index contributed by atoms with van der Waals surface area (Å²) in [5.74, 6) is -0.494. The highest BCUT2D eigenvalue weighted by atomic mass is 79.9. The Balaban J connectivity index is 1.99. The Labute approximate surface area is 154 Å². The standard InChI is InChI=1S/C17H16BrFN2O3S/c1-2-17(22)21-8-7-11-9-14(18)16(10-15(11)21)25(23,24)20-13-5-3-12(19)4-6-13/h3-6,9-10,20H,2,7-8H2,1H3. The summed E-state index contributed by atoms with van der Waals surface area (Å²) in [7, 11) is -3.89. The number of amides is 1. The van der Waals surface area contributed by atoms with Crippen LogP contribution in [0, 0.1) is 5.82 Å². The van der Waals surface area contributed by atoms with Gasteiger partial charge in [0, 0.05) is 28.8 Å². The van der Waals surface area contributed by atoms with Crippen molar-refractivity contribution in [2.75, 3.05) is 16.2 Å². The van der Waals surface area contributed by atoms with Crippen LogP contribution in [0.25, 0.3) is 0 Å². The van der Waals surface area contributed by atoms with Crippen LogP contribution in [0.4, 0.5) is 15.8 Å². The van der Waals surface area contributed by atoms with Gasteiger partial charge in [0.05, 0.1) is 0 Å². The summed E-state index contributed by atoms with van der Waals surface area (Å²) in [6.45, 7) is 2.32. The zero-order chi connectivity index (χ0) is 18.2. The Bertz CT molecular complexity index is 930. The molecule has 25 heavy (non-hydrogen) atoms. The van der Waals surface area contributed by atoms with Crippen LogP contribution in [0.2, 0.25) is 0 Å². The molecule has 2 aromatic carbocycles. The fourth-order valence-electron chi connectivity index (χ4n) is 2.77. The second kappa shape index (κ2) is 6.76. The Hall–Kier alpha value is -1.93. The van der Waals surface area contributed by atoms with Crippen LogP contribution < -0.4 is 9.62 Å². The number of hydrogen-bond acceptors (Lipinski definition) is 3. The van der Waals surface area contributed by atoms with E-state index < -0.39 is 15.8 Å². The SMILES string of the molecule is CCC(=O)N1CCc2cc(Br)c(S(=O)(=O)Nc3ccc(F)cc3)cc21. The van der Waals surface area contributed by atoms with E-state index in [1.165, 1.54) is 30.3 Å². The van der Waals surface area contributed by atoms with Gasteiger partial charge in [-0.05, 0) is 64.3 Å². The third-order valence-corrected chi connectivity index (χ3v) is 6.36. The highest BCUT2D eigenvalue weighted by Gasteiger charge is 2.28. The van der Waals surface area contributed by atoms with Crippen LogP contribution in [0.3, 0.4) is 0 Å². The number of fused-ring (bicyclic) bond motifs is 1. The summed E-state index contributed by atoms with van der Waals surface area (Å²) < 4.78 is 41.3. The normalized spacial score (nSPS) is 13.6. The van der Waals surface area contributed by atoms with E-state index >= 15 is 0 Å². The van der Waals surface area contributed by atoms with Gasteiger partial charge in [0.25, 0.3) is 10.0 Å². The first kappa shape index (κ1) is 17.9. The molecule has 0 saturated heterocycles. The molecule has 0 spiro atoms. The van der Waals surface area contributed by atoms with Crippen molar-refractivity contribution < 1.29 is 17.6 Å². The van der Waals surface area contributed by atoms with Gasteiger partial charge in [-0.3, -0.25) is 9.52 Å². The van der Waals surface area contributed by atoms with Gasteiger partial charge in [-0.1, -0.05) is 6.92 Å². The molecule has 1 N–H and O–H groups in total. The topological polar surface area (TPSA) is 66.5 Å². The second-order valence-electron chi connectivity index (χ2n) is 5.67. The average Bonchev–Trinajstić information content (AvgIpc) is 2.98. The maximum Gasteiger partial charge on any atom is 0.263 e. The third-order valence-electron chi connectivity index (χ3n) is 4.02. The number of rotatable bonds is 4. The maximum atomic E-state index is 13.0. The van der Waals surface area contributed by atoms with Crippen LogP contribution in [-0.4, -0.2) is 20.9 Å². The lowest BCUT2D eigenvalue weighted by atomic mass is 10.2. The van der Waals surface area contributed by atoms with Crippen molar-refractivity contribution in [2.24, 2.45) is 0 Å². The van der Waals surface area contributed by atoms with Crippen molar-refractivity contribution in [1.82, 2.24) is 0 Å². The van der Waals surface area contributed by atoms with Gasteiger partial charge in [0.2, 0.25) is 5.91 Å². The molecular weight excluding hydrogens is 411 g/mol. The highest BCUT2D eigenvalue weighted by Crippen LogP contribution is 2.36. The van der Waals surface area contributed by atoms with Gasteiger partial charge in [-0.2, -0.15) is 0 Å². The van der Waals surface area contributed by atoms with Crippen molar-refractivity contribution in [2.45, 2.75) is 24.7 Å². The monoisotopic (exact) mass is 426 g/mol. The summed E-state index contributed by atoms with van der Waals surface area (Å²) in [6, 6.07) is 8.29. The maximum absolute atomic E-state index is 13.0. The van der Waals surface area contributed by atoms with Crippen LogP contribution in [0.15, 0.2) is 45.8 Å². The predicted octanol–water partition coefficient (Wildman–Crippen LogP) is 3.69. The summed E-state index contributed by atoms with van der Waals surface area (Å²) in [5, 5.41) is 0.